The zero-order valence-corrected chi connectivity index (χ0v) is 42.1. The molecule has 0 N–H and O–H groups in total. The maximum absolute atomic E-state index is 2.89. The molecule has 0 fully saturated rings. The van der Waals surface area contributed by atoms with Crippen LogP contribution in [0.5, 0.6) is 0 Å². The van der Waals surface area contributed by atoms with E-state index in [9.17, 15) is 0 Å². The first-order valence-electron chi connectivity index (χ1n) is 13.2. The molecule has 0 aliphatic heterocycles. The van der Waals surface area contributed by atoms with Crippen LogP contribution in [-0.4, -0.2) is 78.6 Å². The Morgan fingerprint density at radius 3 is 0.333 bits per heavy atom. The number of hydrogen-bond acceptors (Lipinski definition) is 0. The van der Waals surface area contributed by atoms with E-state index in [-0.39, 0.29) is 153 Å². The molecule has 14 radical (unpaired) electrons. The molecule has 0 saturated carbocycles. The summed E-state index contributed by atoms with van der Waals surface area (Å²) in [5, 5.41) is 0. The summed E-state index contributed by atoms with van der Waals surface area (Å²) in [6.07, 6.45) is 14.6. The quantitative estimate of drug-likeness (QED) is 0.107. The van der Waals surface area contributed by atoms with Gasteiger partial charge in [0.2, 0.25) is 0 Å². The van der Waals surface area contributed by atoms with Crippen LogP contribution in [0.25, 0.3) is 0 Å². The van der Waals surface area contributed by atoms with Gasteiger partial charge in [0.25, 0.3) is 0 Å². The summed E-state index contributed by atoms with van der Waals surface area (Å²) in [5.41, 5.74) is 11.4. The Labute approximate surface area is 401 Å². The Hall–Kier alpha value is -1.43. The third-order valence-electron chi connectivity index (χ3n) is 4.14. The average Bonchev–Trinajstić information content (AvgIpc) is 3.15. The third kappa shape index (κ3) is 64.0. The molecule has 5 aromatic rings. The van der Waals surface area contributed by atoms with Crippen molar-refractivity contribution in [1.82, 2.24) is 0 Å². The molecule has 0 atom stereocenters. The Balaban J connectivity index is -0.0000000560. The minimum absolute atomic E-state index is 0. The Morgan fingerprint density at radius 1 is 0.176 bits per heavy atom. The predicted octanol–water partition coefficient (Wildman–Crippen LogP) is -8.84. The van der Waals surface area contributed by atoms with Gasteiger partial charge in [-0.05, 0) is 78.9 Å². The number of halogens is 6. The fraction of sp³-hybridized carbons (Fsp3) is 0. The summed E-state index contributed by atoms with van der Waals surface area (Å²) >= 11 is 0. The molecule has 5 aromatic carbocycles. The summed E-state index contributed by atoms with van der Waals surface area (Å²) in [7, 11) is 0. The van der Waals surface area contributed by atoms with Gasteiger partial charge in [-0.25, -0.2) is 0 Å². The van der Waals surface area contributed by atoms with E-state index in [2.05, 4.69) is 53.3 Å². The van der Waals surface area contributed by atoms with Gasteiger partial charge in [-0.3, -0.25) is 0 Å². The smallest absolute Gasteiger partial charge is 1.00 e. The van der Waals surface area contributed by atoms with Crippen molar-refractivity contribution in [2.24, 2.45) is 0 Å². The molecule has 7 rings (SSSR count). The van der Waals surface area contributed by atoms with Crippen molar-refractivity contribution < 1.29 is 74.4 Å². The van der Waals surface area contributed by atoms with E-state index in [0.29, 0.717) is 0 Å². The molecule has 0 bridgehead atoms. The first-order chi connectivity index (χ1) is 21.0. The summed E-state index contributed by atoms with van der Waals surface area (Å²) in [6.45, 7) is 0. The monoisotopic (exact) mass is 1370 g/mol. The van der Waals surface area contributed by atoms with Crippen molar-refractivity contribution in [3.63, 3.8) is 0 Å². The zero-order valence-electron chi connectivity index (χ0n) is 27.2. The summed E-state index contributed by atoms with van der Waals surface area (Å²) < 4.78 is 0. The topological polar surface area (TPSA) is 0 Å². The van der Waals surface area contributed by atoms with Gasteiger partial charge in [0.05, 0.1) is 0 Å². The van der Waals surface area contributed by atoms with Gasteiger partial charge >= 0.3 is 78.6 Å². The molecule has 258 valence electrons. The van der Waals surface area contributed by atoms with Crippen LogP contribution in [0.1, 0.15) is 0 Å². The van der Waals surface area contributed by atoms with Crippen LogP contribution < -0.4 is 74.4 Å². The van der Waals surface area contributed by atoms with Crippen LogP contribution in [0.4, 0.5) is 0 Å². The molecule has 2 aliphatic carbocycles. The molecule has 0 spiro atoms. The first-order valence-corrected chi connectivity index (χ1v) is 13.2. The second-order valence-electron chi connectivity index (χ2n) is 7.39. The van der Waals surface area contributed by atoms with Crippen molar-refractivity contribution in [2.45, 2.75) is 0 Å². The Morgan fingerprint density at radius 2 is 0.294 bits per heavy atom. The molecule has 0 unspecified atom stereocenters. The van der Waals surface area contributed by atoms with E-state index in [1.807, 2.05) is 200 Å². The normalized spacial score (nSPS) is 7.84. The van der Waals surface area contributed by atoms with E-state index in [1.165, 1.54) is 0 Å². The predicted molar refractivity (Wildman–Crippen MR) is 194 cm³/mol. The number of allylic oxidation sites excluding steroid dienone is 4. The van der Waals surface area contributed by atoms with Crippen LogP contribution in [0.15, 0.2) is 223 Å². The molecule has 0 amide bonds. The van der Waals surface area contributed by atoms with Crippen LogP contribution in [0, 0.1) is 30.3 Å². The molecule has 51 heavy (non-hydrogen) atoms. The zero-order chi connectivity index (χ0) is 29.7. The van der Waals surface area contributed by atoms with E-state index in [4.69, 9.17) is 0 Å². The van der Waals surface area contributed by atoms with Gasteiger partial charge in [0.1, 0.15) is 0 Å². The molecular formula is C42H33Bi3Cl6. The molecule has 0 saturated heterocycles. The van der Waals surface area contributed by atoms with E-state index >= 15 is 0 Å². The largest absolute Gasteiger partial charge is 2.00 e. The number of benzene rings is 5. The minimum Gasteiger partial charge on any atom is -1.00 e. The van der Waals surface area contributed by atoms with Crippen LogP contribution >= 0.6 is 0 Å². The summed E-state index contributed by atoms with van der Waals surface area (Å²) in [6, 6.07) is 62.5. The van der Waals surface area contributed by atoms with E-state index in [1.54, 1.807) is 0 Å². The van der Waals surface area contributed by atoms with Gasteiger partial charge in [-0.1, -0.05) is 152 Å². The number of hydrogen-bond donors (Lipinski definition) is 0. The SMILES string of the molecule is C1=CC=C=CC=1.C1=CC=C=CC=1.[Bi+2].[Bi+2].[Bi+2].[Cl-].[Cl-].[Cl-].[Cl-].[Cl-].[Cl-].[c]1ccccc1.[c]1ccccc1.[c]1ccccc1.[c]1ccccc1.[c]1ccccc1. The van der Waals surface area contributed by atoms with Gasteiger partial charge in [0.15, 0.2) is 0 Å². The second-order valence-corrected chi connectivity index (χ2v) is 7.39. The van der Waals surface area contributed by atoms with Crippen molar-refractivity contribution in [3.8, 4) is 0 Å². The average molecular weight is 1380 g/mol. The number of rotatable bonds is 0. The second kappa shape index (κ2) is 66.8. The van der Waals surface area contributed by atoms with Crippen molar-refractivity contribution >= 4 is 78.6 Å². The molecule has 0 heterocycles. The maximum Gasteiger partial charge on any atom is 2.00 e. The fourth-order valence-corrected chi connectivity index (χ4v) is 2.32. The van der Waals surface area contributed by atoms with Crippen molar-refractivity contribution in [1.29, 1.82) is 0 Å². The van der Waals surface area contributed by atoms with Crippen molar-refractivity contribution in [3.05, 3.63) is 254 Å². The maximum atomic E-state index is 2.89. The molecule has 9 heteroatoms. The molecule has 0 aromatic heterocycles. The fourth-order valence-electron chi connectivity index (χ4n) is 2.32. The van der Waals surface area contributed by atoms with Crippen LogP contribution in [0.3, 0.4) is 0 Å². The minimum atomic E-state index is 0. The third-order valence-corrected chi connectivity index (χ3v) is 4.14. The Bertz CT molecular complexity index is 1080. The summed E-state index contributed by atoms with van der Waals surface area (Å²) in [5.74, 6) is 0. The standard InChI is InChI=1S/5C6H5.2C6H4.3Bi.6ClH/c7*1-2-4-6-5-3-1;;;;;;;;;/h5*1-5H;2*1-2,5-6H;;;;6*1H/q;;;;;;;3*+2;;;;;;/p-6. The van der Waals surface area contributed by atoms with Crippen LogP contribution in [-0.2, 0) is 0 Å². The summed E-state index contributed by atoms with van der Waals surface area (Å²) in [4.78, 5) is 0. The first kappa shape index (κ1) is 71.0. The van der Waals surface area contributed by atoms with Gasteiger partial charge in [-0.2, -0.15) is 0 Å². The van der Waals surface area contributed by atoms with Gasteiger partial charge in [0, 0.05) is 0 Å². The van der Waals surface area contributed by atoms with Gasteiger partial charge in [-0.15, -0.1) is 22.9 Å². The van der Waals surface area contributed by atoms with Crippen LogP contribution in [0.2, 0.25) is 0 Å². The molecule has 0 nitrogen and oxygen atoms in total. The van der Waals surface area contributed by atoms with E-state index in [0.717, 1.165) is 0 Å². The van der Waals surface area contributed by atoms with E-state index < -0.39 is 0 Å². The van der Waals surface area contributed by atoms with Gasteiger partial charge < -0.3 is 74.4 Å². The Kier molecular flexibility index (Phi) is 93.0. The molecule has 2 aliphatic rings. The molecular weight excluding hydrogens is 1340 g/mol. The van der Waals surface area contributed by atoms with Crippen molar-refractivity contribution in [2.75, 3.05) is 0 Å².